The first-order chi connectivity index (χ1) is 12.1. The van der Waals surface area contributed by atoms with Crippen molar-refractivity contribution in [1.29, 1.82) is 5.26 Å². The fraction of sp³-hybridized carbons (Fsp3) is 0.444. The molecule has 1 fully saturated rings. The van der Waals surface area contributed by atoms with Crippen LogP contribution in [0.25, 0.3) is 0 Å². The van der Waals surface area contributed by atoms with Crippen LogP contribution >= 0.6 is 11.8 Å². The largest absolute Gasteiger partial charge is 0.310 e. The van der Waals surface area contributed by atoms with Crippen molar-refractivity contribution < 1.29 is 4.79 Å². The summed E-state index contributed by atoms with van der Waals surface area (Å²) >= 11 is 1.29. The maximum absolute atomic E-state index is 12.3. The van der Waals surface area contributed by atoms with Crippen molar-refractivity contribution in [3.63, 3.8) is 0 Å². The normalized spacial score (nSPS) is 14.4. The van der Waals surface area contributed by atoms with E-state index in [1.54, 1.807) is 6.20 Å². The molecule has 1 aliphatic carbocycles. The summed E-state index contributed by atoms with van der Waals surface area (Å²) in [7, 11) is 0. The van der Waals surface area contributed by atoms with E-state index >= 15 is 0 Å². The zero-order chi connectivity index (χ0) is 17.8. The summed E-state index contributed by atoms with van der Waals surface area (Å²) in [5.74, 6) is 0.835. The number of thioether (sulfide) groups is 1. The van der Waals surface area contributed by atoms with E-state index in [0.717, 1.165) is 29.9 Å². The molecule has 0 bridgehead atoms. The van der Waals surface area contributed by atoms with Gasteiger partial charge in [-0.25, -0.2) is 9.67 Å². The van der Waals surface area contributed by atoms with Crippen LogP contribution in [0.5, 0.6) is 0 Å². The van der Waals surface area contributed by atoms with Crippen molar-refractivity contribution in [2.75, 3.05) is 11.1 Å². The number of pyridine rings is 1. The average Bonchev–Trinajstić information content (AvgIpc) is 3.23. The minimum absolute atomic E-state index is 0.116. The third-order valence-corrected chi connectivity index (χ3v) is 5.35. The lowest BCUT2D eigenvalue weighted by atomic mass is 10.1. The van der Waals surface area contributed by atoms with Gasteiger partial charge in [0.1, 0.15) is 16.9 Å². The molecule has 0 atom stereocenters. The molecule has 0 radical (unpaired) electrons. The highest BCUT2D eigenvalue weighted by atomic mass is 32.2. The molecule has 6 nitrogen and oxygen atoms in total. The van der Waals surface area contributed by atoms with Crippen molar-refractivity contribution in [3.05, 3.63) is 35.2 Å². The fourth-order valence-corrected chi connectivity index (χ4v) is 4.11. The smallest absolute Gasteiger partial charge is 0.235 e. The van der Waals surface area contributed by atoms with E-state index in [0.29, 0.717) is 16.6 Å². The molecule has 0 aromatic carbocycles. The van der Waals surface area contributed by atoms with Gasteiger partial charge in [-0.2, -0.15) is 10.4 Å². The van der Waals surface area contributed by atoms with E-state index in [1.807, 2.05) is 30.7 Å². The molecule has 7 heteroatoms. The monoisotopic (exact) mass is 355 g/mol. The molecule has 1 N–H and O–H groups in total. The Kier molecular flexibility index (Phi) is 5.39. The summed E-state index contributed by atoms with van der Waals surface area (Å²) in [5.41, 5.74) is 2.27. The molecular weight excluding hydrogens is 334 g/mol. The number of aromatic nitrogens is 3. The van der Waals surface area contributed by atoms with Gasteiger partial charge in [0, 0.05) is 11.8 Å². The Labute approximate surface area is 151 Å². The van der Waals surface area contributed by atoms with E-state index in [1.165, 1.54) is 24.6 Å². The van der Waals surface area contributed by atoms with Crippen LogP contribution in [0.2, 0.25) is 0 Å². The molecule has 0 spiro atoms. The van der Waals surface area contributed by atoms with Crippen LogP contribution in [-0.2, 0) is 4.79 Å². The minimum Gasteiger partial charge on any atom is -0.310 e. The molecule has 1 aliphatic rings. The maximum Gasteiger partial charge on any atom is 0.235 e. The van der Waals surface area contributed by atoms with E-state index in [2.05, 4.69) is 21.5 Å². The zero-order valence-corrected chi connectivity index (χ0v) is 15.3. The van der Waals surface area contributed by atoms with Crippen LogP contribution in [-0.4, -0.2) is 26.4 Å². The molecule has 3 rings (SSSR count). The second kappa shape index (κ2) is 7.70. The summed E-state index contributed by atoms with van der Waals surface area (Å²) in [6, 6.07) is 6.26. The Morgan fingerprint density at radius 2 is 2.20 bits per heavy atom. The number of anilines is 1. The molecule has 2 aromatic heterocycles. The molecule has 2 aromatic rings. The molecule has 2 heterocycles. The number of amides is 1. The molecule has 0 unspecified atom stereocenters. The molecule has 130 valence electrons. The first-order valence-corrected chi connectivity index (χ1v) is 9.41. The first-order valence-electron chi connectivity index (χ1n) is 8.43. The van der Waals surface area contributed by atoms with E-state index < -0.39 is 0 Å². The summed E-state index contributed by atoms with van der Waals surface area (Å²) in [6.45, 7) is 3.77. The van der Waals surface area contributed by atoms with Gasteiger partial charge >= 0.3 is 0 Å². The highest BCUT2D eigenvalue weighted by Crippen LogP contribution is 2.31. The van der Waals surface area contributed by atoms with Gasteiger partial charge in [0.25, 0.3) is 0 Å². The highest BCUT2D eigenvalue weighted by molar-refractivity contribution is 8.00. The number of hydrogen-bond acceptors (Lipinski definition) is 5. The minimum atomic E-state index is -0.116. The number of carbonyl (C=O) groups is 1. The van der Waals surface area contributed by atoms with Crippen LogP contribution in [0.3, 0.4) is 0 Å². The van der Waals surface area contributed by atoms with Crippen molar-refractivity contribution >= 4 is 23.5 Å². The SMILES string of the molecule is Cc1cc(C)c(C#N)c(SCC(=O)Nc2ccnn2C2CCCC2)n1. The Bertz CT molecular complexity index is 817. The Hall–Kier alpha value is -2.33. The van der Waals surface area contributed by atoms with Crippen LogP contribution in [0.4, 0.5) is 5.82 Å². The zero-order valence-electron chi connectivity index (χ0n) is 14.5. The van der Waals surface area contributed by atoms with Gasteiger partial charge in [0.2, 0.25) is 5.91 Å². The van der Waals surface area contributed by atoms with Gasteiger partial charge in [-0.15, -0.1) is 0 Å². The van der Waals surface area contributed by atoms with Gasteiger partial charge in [-0.3, -0.25) is 4.79 Å². The van der Waals surface area contributed by atoms with Crippen LogP contribution < -0.4 is 5.32 Å². The number of aryl methyl sites for hydroxylation is 2. The number of rotatable bonds is 5. The van der Waals surface area contributed by atoms with Gasteiger partial charge in [0.05, 0.1) is 23.6 Å². The third kappa shape index (κ3) is 4.02. The molecular formula is C18H21N5OS. The van der Waals surface area contributed by atoms with Gasteiger partial charge in [0.15, 0.2) is 0 Å². The van der Waals surface area contributed by atoms with Gasteiger partial charge < -0.3 is 5.32 Å². The molecule has 1 saturated carbocycles. The molecule has 1 amide bonds. The number of nitrogens with one attached hydrogen (secondary N) is 1. The van der Waals surface area contributed by atoms with Crippen LogP contribution in [0.1, 0.15) is 48.5 Å². The predicted molar refractivity (Wildman–Crippen MR) is 97.5 cm³/mol. The quantitative estimate of drug-likeness (QED) is 0.828. The van der Waals surface area contributed by atoms with E-state index in [4.69, 9.17) is 0 Å². The summed E-state index contributed by atoms with van der Waals surface area (Å²) < 4.78 is 1.92. The molecule has 0 aliphatic heterocycles. The van der Waals surface area contributed by atoms with Crippen molar-refractivity contribution in [2.24, 2.45) is 0 Å². The first kappa shape index (κ1) is 17.5. The summed E-state index contributed by atoms with van der Waals surface area (Å²) in [5, 5.41) is 17.2. The molecule has 0 saturated heterocycles. The Morgan fingerprint density at radius 1 is 1.44 bits per heavy atom. The van der Waals surface area contributed by atoms with Crippen LogP contribution in [0.15, 0.2) is 23.4 Å². The predicted octanol–water partition coefficient (Wildman–Crippen LogP) is 3.61. The van der Waals surface area contributed by atoms with Gasteiger partial charge in [-0.1, -0.05) is 24.6 Å². The highest BCUT2D eigenvalue weighted by Gasteiger charge is 2.20. The third-order valence-electron chi connectivity index (χ3n) is 4.37. The molecule has 25 heavy (non-hydrogen) atoms. The van der Waals surface area contributed by atoms with Crippen molar-refractivity contribution in [1.82, 2.24) is 14.8 Å². The number of nitrogens with zero attached hydrogens (tertiary/aromatic N) is 4. The maximum atomic E-state index is 12.3. The Morgan fingerprint density at radius 3 is 2.92 bits per heavy atom. The number of hydrogen-bond donors (Lipinski definition) is 1. The second-order valence-corrected chi connectivity index (χ2v) is 7.27. The fourth-order valence-electron chi connectivity index (χ4n) is 3.21. The van der Waals surface area contributed by atoms with E-state index in [9.17, 15) is 10.1 Å². The standard InChI is InChI=1S/C18H21N5OS/c1-12-9-13(2)21-18(15(12)10-19)25-11-17(24)22-16-7-8-20-23(16)14-5-3-4-6-14/h7-9,14H,3-6,11H2,1-2H3,(H,22,24). The summed E-state index contributed by atoms with van der Waals surface area (Å²) in [4.78, 5) is 16.7. The second-order valence-electron chi connectivity index (χ2n) is 6.31. The lowest BCUT2D eigenvalue weighted by Gasteiger charge is -2.14. The van der Waals surface area contributed by atoms with Crippen molar-refractivity contribution in [2.45, 2.75) is 50.6 Å². The topological polar surface area (TPSA) is 83.6 Å². The summed E-state index contributed by atoms with van der Waals surface area (Å²) in [6.07, 6.45) is 6.36. The number of nitriles is 1. The average molecular weight is 355 g/mol. The van der Waals surface area contributed by atoms with Crippen molar-refractivity contribution in [3.8, 4) is 6.07 Å². The van der Waals surface area contributed by atoms with Crippen LogP contribution in [0, 0.1) is 25.2 Å². The Balaban J connectivity index is 1.65. The lowest BCUT2D eigenvalue weighted by Crippen LogP contribution is -2.19. The van der Waals surface area contributed by atoms with Gasteiger partial charge in [-0.05, 0) is 38.3 Å². The van der Waals surface area contributed by atoms with E-state index in [-0.39, 0.29) is 11.7 Å². The lowest BCUT2D eigenvalue weighted by molar-refractivity contribution is -0.113. The number of carbonyl (C=O) groups excluding carboxylic acids is 1.